The maximum absolute atomic E-state index is 5.38. The van der Waals surface area contributed by atoms with Crippen LogP contribution in [0, 0.1) is 0 Å². The molecular formula is C12H24N2O. The van der Waals surface area contributed by atoms with Gasteiger partial charge in [0.15, 0.2) is 0 Å². The Morgan fingerprint density at radius 2 is 2.20 bits per heavy atom. The Morgan fingerprint density at radius 3 is 2.73 bits per heavy atom. The van der Waals surface area contributed by atoms with E-state index < -0.39 is 0 Å². The molecule has 88 valence electrons. The van der Waals surface area contributed by atoms with Crippen molar-refractivity contribution in [2.45, 2.75) is 50.8 Å². The first-order valence-electron chi connectivity index (χ1n) is 6.33. The summed E-state index contributed by atoms with van der Waals surface area (Å²) >= 11 is 0. The molecule has 0 spiro atoms. The molecule has 15 heavy (non-hydrogen) atoms. The van der Waals surface area contributed by atoms with E-state index in [1.54, 1.807) is 0 Å². The van der Waals surface area contributed by atoms with E-state index >= 15 is 0 Å². The summed E-state index contributed by atoms with van der Waals surface area (Å²) in [6, 6.07) is 1.55. The average Bonchev–Trinajstić information content (AvgIpc) is 2.99. The standard InChI is InChI=1S/C12H24N2O/c1-3-6-14(11-4-5-11)9-10-7-12(15-2)8-13-10/h10-13H,3-9H2,1-2H3. The fraction of sp³-hybridized carbons (Fsp3) is 1.00. The third-order valence-electron chi connectivity index (χ3n) is 3.54. The van der Waals surface area contributed by atoms with Crippen LogP contribution in [0.2, 0.25) is 0 Å². The van der Waals surface area contributed by atoms with Gasteiger partial charge in [-0.3, -0.25) is 4.90 Å². The average molecular weight is 212 g/mol. The predicted octanol–water partition coefficient (Wildman–Crippen LogP) is 1.24. The number of rotatable bonds is 6. The van der Waals surface area contributed by atoms with Crippen LogP contribution in [0.1, 0.15) is 32.6 Å². The van der Waals surface area contributed by atoms with Gasteiger partial charge < -0.3 is 10.1 Å². The molecule has 1 N–H and O–H groups in total. The van der Waals surface area contributed by atoms with Gasteiger partial charge >= 0.3 is 0 Å². The molecule has 0 radical (unpaired) electrons. The quantitative estimate of drug-likeness (QED) is 0.717. The number of methoxy groups -OCH3 is 1. The molecule has 1 aliphatic carbocycles. The molecule has 0 aromatic carbocycles. The van der Waals surface area contributed by atoms with Crippen molar-refractivity contribution in [1.29, 1.82) is 0 Å². The van der Waals surface area contributed by atoms with Gasteiger partial charge in [0.2, 0.25) is 0 Å². The first-order valence-corrected chi connectivity index (χ1v) is 6.33. The van der Waals surface area contributed by atoms with Gasteiger partial charge in [-0.1, -0.05) is 6.92 Å². The molecular weight excluding hydrogens is 188 g/mol. The zero-order valence-corrected chi connectivity index (χ0v) is 10.0. The summed E-state index contributed by atoms with van der Waals surface area (Å²) in [5.41, 5.74) is 0. The van der Waals surface area contributed by atoms with Crippen LogP contribution in [0.4, 0.5) is 0 Å². The van der Waals surface area contributed by atoms with E-state index in [1.165, 1.54) is 38.8 Å². The van der Waals surface area contributed by atoms with Gasteiger partial charge in [-0.25, -0.2) is 0 Å². The SMILES string of the molecule is CCCN(CC1CC(OC)CN1)C1CC1. The predicted molar refractivity (Wildman–Crippen MR) is 62.1 cm³/mol. The molecule has 1 saturated carbocycles. The van der Waals surface area contributed by atoms with Crippen molar-refractivity contribution in [1.82, 2.24) is 10.2 Å². The molecule has 2 rings (SSSR count). The Hall–Kier alpha value is -0.120. The monoisotopic (exact) mass is 212 g/mol. The Labute approximate surface area is 93.2 Å². The van der Waals surface area contributed by atoms with Crippen molar-refractivity contribution in [3.8, 4) is 0 Å². The second-order valence-corrected chi connectivity index (χ2v) is 4.92. The van der Waals surface area contributed by atoms with E-state index in [0.29, 0.717) is 12.1 Å². The number of hydrogen-bond acceptors (Lipinski definition) is 3. The van der Waals surface area contributed by atoms with Crippen LogP contribution in [0.15, 0.2) is 0 Å². The maximum Gasteiger partial charge on any atom is 0.0711 e. The summed E-state index contributed by atoms with van der Waals surface area (Å²) in [5.74, 6) is 0. The fourth-order valence-electron chi connectivity index (χ4n) is 2.53. The summed E-state index contributed by atoms with van der Waals surface area (Å²) in [6.07, 6.45) is 5.74. The largest absolute Gasteiger partial charge is 0.380 e. The Morgan fingerprint density at radius 1 is 1.40 bits per heavy atom. The topological polar surface area (TPSA) is 24.5 Å². The molecule has 1 aliphatic heterocycles. The second kappa shape index (κ2) is 5.28. The van der Waals surface area contributed by atoms with Gasteiger partial charge in [0.1, 0.15) is 0 Å². The van der Waals surface area contributed by atoms with Gasteiger partial charge in [-0.15, -0.1) is 0 Å². The van der Waals surface area contributed by atoms with E-state index in [2.05, 4.69) is 17.1 Å². The van der Waals surface area contributed by atoms with Crippen LogP contribution in [0.5, 0.6) is 0 Å². The van der Waals surface area contributed by atoms with Crippen molar-refractivity contribution >= 4 is 0 Å². The highest BCUT2D eigenvalue weighted by Crippen LogP contribution is 2.27. The van der Waals surface area contributed by atoms with Gasteiger partial charge in [0, 0.05) is 32.3 Å². The molecule has 1 heterocycles. The van der Waals surface area contributed by atoms with E-state index in [1.807, 2.05) is 7.11 Å². The zero-order valence-electron chi connectivity index (χ0n) is 10.0. The Kier molecular flexibility index (Phi) is 4.00. The first kappa shape index (κ1) is 11.4. The number of ether oxygens (including phenoxy) is 1. The lowest BCUT2D eigenvalue weighted by Gasteiger charge is -2.24. The number of nitrogens with one attached hydrogen (secondary N) is 1. The minimum atomic E-state index is 0.442. The molecule has 2 fully saturated rings. The van der Waals surface area contributed by atoms with Gasteiger partial charge in [-0.05, 0) is 32.2 Å². The first-order chi connectivity index (χ1) is 7.33. The van der Waals surface area contributed by atoms with Crippen molar-refractivity contribution < 1.29 is 4.74 Å². The minimum absolute atomic E-state index is 0.442. The zero-order chi connectivity index (χ0) is 10.7. The van der Waals surface area contributed by atoms with Crippen LogP contribution in [-0.4, -0.2) is 49.8 Å². The molecule has 0 bridgehead atoms. The Bertz CT molecular complexity index is 194. The van der Waals surface area contributed by atoms with E-state index in [0.717, 1.165) is 12.6 Å². The highest BCUT2D eigenvalue weighted by Gasteiger charge is 2.32. The van der Waals surface area contributed by atoms with E-state index in [-0.39, 0.29) is 0 Å². The lowest BCUT2D eigenvalue weighted by Crippen LogP contribution is -2.39. The molecule has 2 aliphatic rings. The number of hydrogen-bond donors (Lipinski definition) is 1. The van der Waals surface area contributed by atoms with Crippen molar-refractivity contribution in [3.63, 3.8) is 0 Å². The van der Waals surface area contributed by atoms with Crippen molar-refractivity contribution in [2.24, 2.45) is 0 Å². The number of nitrogens with zero attached hydrogens (tertiary/aromatic N) is 1. The molecule has 2 atom stereocenters. The minimum Gasteiger partial charge on any atom is -0.380 e. The smallest absolute Gasteiger partial charge is 0.0711 e. The fourth-order valence-corrected chi connectivity index (χ4v) is 2.53. The van der Waals surface area contributed by atoms with Crippen LogP contribution in [0.3, 0.4) is 0 Å². The van der Waals surface area contributed by atoms with Crippen LogP contribution in [-0.2, 0) is 4.74 Å². The van der Waals surface area contributed by atoms with Gasteiger partial charge in [0.05, 0.1) is 6.10 Å². The van der Waals surface area contributed by atoms with Crippen LogP contribution in [0.25, 0.3) is 0 Å². The van der Waals surface area contributed by atoms with Crippen molar-refractivity contribution in [3.05, 3.63) is 0 Å². The van der Waals surface area contributed by atoms with Crippen LogP contribution >= 0.6 is 0 Å². The molecule has 1 saturated heterocycles. The normalized spacial score (nSPS) is 31.4. The van der Waals surface area contributed by atoms with Gasteiger partial charge in [-0.2, -0.15) is 0 Å². The summed E-state index contributed by atoms with van der Waals surface area (Å²) in [7, 11) is 1.82. The summed E-state index contributed by atoms with van der Waals surface area (Å²) in [5, 5.41) is 3.56. The highest BCUT2D eigenvalue weighted by atomic mass is 16.5. The molecule has 0 aromatic rings. The molecule has 0 aromatic heterocycles. The third-order valence-corrected chi connectivity index (χ3v) is 3.54. The maximum atomic E-state index is 5.38. The summed E-state index contributed by atoms with van der Waals surface area (Å²) in [6.45, 7) is 5.79. The van der Waals surface area contributed by atoms with E-state index in [9.17, 15) is 0 Å². The van der Waals surface area contributed by atoms with E-state index in [4.69, 9.17) is 4.74 Å². The summed E-state index contributed by atoms with van der Waals surface area (Å²) < 4.78 is 5.38. The lowest BCUT2D eigenvalue weighted by atomic mass is 10.2. The third kappa shape index (κ3) is 3.16. The molecule has 3 nitrogen and oxygen atoms in total. The molecule has 3 heteroatoms. The highest BCUT2D eigenvalue weighted by molar-refractivity contribution is 4.90. The Balaban J connectivity index is 1.74. The second-order valence-electron chi connectivity index (χ2n) is 4.92. The molecule has 2 unspecified atom stereocenters. The summed E-state index contributed by atoms with van der Waals surface area (Å²) in [4.78, 5) is 2.66. The molecule has 0 amide bonds. The van der Waals surface area contributed by atoms with Gasteiger partial charge in [0.25, 0.3) is 0 Å². The van der Waals surface area contributed by atoms with Crippen LogP contribution < -0.4 is 5.32 Å². The van der Waals surface area contributed by atoms with Crippen molar-refractivity contribution in [2.75, 3.05) is 26.7 Å². The lowest BCUT2D eigenvalue weighted by molar-refractivity contribution is 0.115.